The zero-order valence-electron chi connectivity index (χ0n) is 12.4. The molecule has 4 heteroatoms. The second-order valence-electron chi connectivity index (χ2n) is 5.92. The summed E-state index contributed by atoms with van der Waals surface area (Å²) >= 11 is 0. The summed E-state index contributed by atoms with van der Waals surface area (Å²) in [4.78, 5) is 14.2. The number of carbonyl (C=O) groups is 1. The first-order valence-electron chi connectivity index (χ1n) is 7.19. The van der Waals surface area contributed by atoms with E-state index in [1.165, 1.54) is 12.1 Å². The first-order valence-corrected chi connectivity index (χ1v) is 7.19. The van der Waals surface area contributed by atoms with Crippen molar-refractivity contribution in [2.45, 2.75) is 20.3 Å². The number of rotatable bonds is 2. The standard InChI is InChI=1S/C17H20N2O2/c1-12-7-13(2)11-19(10-12)17(21)15(9-18)8-14-3-5-16(20)6-4-14/h3-6,8,12-13,20H,7,10-11H2,1-2H3/b15-8+. The number of phenolic OH excluding ortho intramolecular Hbond substituents is 1. The van der Waals surface area contributed by atoms with E-state index in [1.54, 1.807) is 23.1 Å². The second-order valence-corrected chi connectivity index (χ2v) is 5.92. The van der Waals surface area contributed by atoms with Crippen LogP contribution in [0.1, 0.15) is 25.8 Å². The third-order valence-electron chi connectivity index (χ3n) is 3.71. The van der Waals surface area contributed by atoms with Crippen molar-refractivity contribution in [1.29, 1.82) is 5.26 Å². The Kier molecular flexibility index (Phi) is 4.64. The van der Waals surface area contributed by atoms with Crippen LogP contribution in [0, 0.1) is 23.2 Å². The van der Waals surface area contributed by atoms with E-state index in [-0.39, 0.29) is 17.2 Å². The van der Waals surface area contributed by atoms with E-state index < -0.39 is 0 Å². The number of nitriles is 1. The molecule has 0 aliphatic carbocycles. The van der Waals surface area contributed by atoms with Crippen LogP contribution < -0.4 is 0 Å². The SMILES string of the molecule is CC1CC(C)CN(C(=O)/C(C#N)=C/c2ccc(O)cc2)C1. The summed E-state index contributed by atoms with van der Waals surface area (Å²) in [5, 5.41) is 18.5. The fraction of sp³-hybridized carbons (Fsp3) is 0.412. The number of hydrogen-bond donors (Lipinski definition) is 1. The van der Waals surface area contributed by atoms with Crippen molar-refractivity contribution in [2.24, 2.45) is 11.8 Å². The van der Waals surface area contributed by atoms with Crippen LogP contribution in [-0.2, 0) is 4.79 Å². The van der Waals surface area contributed by atoms with Gasteiger partial charge in [0.1, 0.15) is 17.4 Å². The van der Waals surface area contributed by atoms with Crippen LogP contribution in [0.4, 0.5) is 0 Å². The van der Waals surface area contributed by atoms with E-state index in [0.717, 1.165) is 12.0 Å². The summed E-state index contributed by atoms with van der Waals surface area (Å²) in [6.45, 7) is 5.67. The van der Waals surface area contributed by atoms with Crippen molar-refractivity contribution in [3.63, 3.8) is 0 Å². The van der Waals surface area contributed by atoms with Gasteiger partial charge < -0.3 is 10.0 Å². The van der Waals surface area contributed by atoms with Gasteiger partial charge in [-0.05, 0) is 42.0 Å². The maximum Gasteiger partial charge on any atom is 0.264 e. The molecular formula is C17H20N2O2. The van der Waals surface area contributed by atoms with Crippen molar-refractivity contribution in [1.82, 2.24) is 4.90 Å². The first kappa shape index (κ1) is 15.1. The molecule has 2 rings (SSSR count). The molecule has 1 N–H and O–H groups in total. The van der Waals surface area contributed by atoms with Gasteiger partial charge in [0.25, 0.3) is 5.91 Å². The highest BCUT2D eigenvalue weighted by Crippen LogP contribution is 2.23. The van der Waals surface area contributed by atoms with Gasteiger partial charge in [0.2, 0.25) is 0 Å². The van der Waals surface area contributed by atoms with Crippen LogP contribution in [0.5, 0.6) is 5.75 Å². The fourth-order valence-corrected chi connectivity index (χ4v) is 2.88. The molecule has 2 unspecified atom stereocenters. The number of nitrogens with zero attached hydrogens (tertiary/aromatic N) is 2. The summed E-state index contributed by atoms with van der Waals surface area (Å²) in [5.74, 6) is 0.886. The molecule has 110 valence electrons. The lowest BCUT2D eigenvalue weighted by Gasteiger charge is -2.34. The number of hydrogen-bond acceptors (Lipinski definition) is 3. The molecule has 1 amide bonds. The highest BCUT2D eigenvalue weighted by atomic mass is 16.3. The number of carbonyl (C=O) groups excluding carboxylic acids is 1. The Labute approximate surface area is 125 Å². The summed E-state index contributed by atoms with van der Waals surface area (Å²) in [6.07, 6.45) is 2.69. The number of benzene rings is 1. The van der Waals surface area contributed by atoms with Crippen LogP contribution in [0.25, 0.3) is 6.08 Å². The molecule has 1 saturated heterocycles. The van der Waals surface area contributed by atoms with E-state index >= 15 is 0 Å². The molecule has 0 bridgehead atoms. The summed E-state index contributed by atoms with van der Waals surface area (Å²) in [5.41, 5.74) is 0.873. The second kappa shape index (κ2) is 6.45. The Bertz CT molecular complexity index is 574. The van der Waals surface area contributed by atoms with E-state index in [1.807, 2.05) is 6.07 Å². The molecule has 0 radical (unpaired) electrons. The fourth-order valence-electron chi connectivity index (χ4n) is 2.88. The molecule has 1 aromatic carbocycles. The molecule has 21 heavy (non-hydrogen) atoms. The maximum absolute atomic E-state index is 12.5. The van der Waals surface area contributed by atoms with E-state index in [9.17, 15) is 15.2 Å². The van der Waals surface area contributed by atoms with Crippen molar-refractivity contribution in [3.8, 4) is 11.8 Å². The topological polar surface area (TPSA) is 64.3 Å². The zero-order valence-corrected chi connectivity index (χ0v) is 12.4. The molecule has 0 aromatic heterocycles. The van der Waals surface area contributed by atoms with Gasteiger partial charge in [-0.15, -0.1) is 0 Å². The molecule has 0 saturated carbocycles. The molecule has 4 nitrogen and oxygen atoms in total. The van der Waals surface area contributed by atoms with Gasteiger partial charge in [-0.2, -0.15) is 5.26 Å². The average molecular weight is 284 g/mol. The number of piperidine rings is 1. The van der Waals surface area contributed by atoms with Crippen LogP contribution in [0.3, 0.4) is 0 Å². The monoisotopic (exact) mass is 284 g/mol. The largest absolute Gasteiger partial charge is 0.508 e. The lowest BCUT2D eigenvalue weighted by molar-refractivity contribution is -0.129. The number of amides is 1. The van der Waals surface area contributed by atoms with Crippen LogP contribution >= 0.6 is 0 Å². The molecule has 1 aliphatic heterocycles. The Hall–Kier alpha value is -2.28. The molecule has 0 spiro atoms. The minimum absolute atomic E-state index is 0.141. The zero-order chi connectivity index (χ0) is 15.4. The number of likely N-dealkylation sites (tertiary alicyclic amines) is 1. The van der Waals surface area contributed by atoms with Crippen molar-refractivity contribution in [3.05, 3.63) is 35.4 Å². The van der Waals surface area contributed by atoms with Crippen LogP contribution in [0.15, 0.2) is 29.8 Å². The van der Waals surface area contributed by atoms with Gasteiger partial charge >= 0.3 is 0 Å². The summed E-state index contributed by atoms with van der Waals surface area (Å²) < 4.78 is 0. The quantitative estimate of drug-likeness (QED) is 0.671. The van der Waals surface area contributed by atoms with Gasteiger partial charge in [0.15, 0.2) is 0 Å². The molecule has 1 aliphatic rings. The Morgan fingerprint density at radius 1 is 1.29 bits per heavy atom. The Morgan fingerprint density at radius 3 is 2.38 bits per heavy atom. The van der Waals surface area contributed by atoms with Crippen LogP contribution in [0.2, 0.25) is 0 Å². The highest BCUT2D eigenvalue weighted by Gasteiger charge is 2.27. The summed E-state index contributed by atoms with van der Waals surface area (Å²) in [6, 6.07) is 8.44. The molecule has 1 heterocycles. The number of aromatic hydroxyl groups is 1. The predicted molar refractivity (Wildman–Crippen MR) is 81.2 cm³/mol. The molecule has 1 aromatic rings. The lowest BCUT2D eigenvalue weighted by atomic mass is 9.91. The highest BCUT2D eigenvalue weighted by molar-refractivity contribution is 6.01. The van der Waals surface area contributed by atoms with E-state index in [0.29, 0.717) is 24.9 Å². The molecular weight excluding hydrogens is 264 g/mol. The van der Waals surface area contributed by atoms with Crippen molar-refractivity contribution < 1.29 is 9.90 Å². The van der Waals surface area contributed by atoms with Gasteiger partial charge in [-0.25, -0.2) is 0 Å². The van der Waals surface area contributed by atoms with Gasteiger partial charge in [0, 0.05) is 13.1 Å². The van der Waals surface area contributed by atoms with Gasteiger partial charge in [0.05, 0.1) is 0 Å². The normalized spacial score (nSPS) is 22.7. The van der Waals surface area contributed by atoms with E-state index in [4.69, 9.17) is 0 Å². The predicted octanol–water partition coefficient (Wildman–Crippen LogP) is 2.80. The van der Waals surface area contributed by atoms with E-state index in [2.05, 4.69) is 13.8 Å². The number of phenols is 1. The van der Waals surface area contributed by atoms with Gasteiger partial charge in [-0.3, -0.25) is 4.79 Å². The third kappa shape index (κ3) is 3.85. The Morgan fingerprint density at radius 2 is 1.86 bits per heavy atom. The smallest absolute Gasteiger partial charge is 0.264 e. The lowest BCUT2D eigenvalue weighted by Crippen LogP contribution is -2.43. The third-order valence-corrected chi connectivity index (χ3v) is 3.71. The molecule has 1 fully saturated rings. The maximum atomic E-state index is 12.5. The average Bonchev–Trinajstić information content (AvgIpc) is 2.45. The van der Waals surface area contributed by atoms with Crippen LogP contribution in [-0.4, -0.2) is 29.0 Å². The van der Waals surface area contributed by atoms with Crippen molar-refractivity contribution >= 4 is 12.0 Å². The van der Waals surface area contributed by atoms with Crippen molar-refractivity contribution in [2.75, 3.05) is 13.1 Å². The molecule has 2 atom stereocenters. The minimum Gasteiger partial charge on any atom is -0.508 e. The summed E-state index contributed by atoms with van der Waals surface area (Å²) in [7, 11) is 0. The Balaban J connectivity index is 2.18. The minimum atomic E-state index is -0.205. The first-order chi connectivity index (χ1) is 9.99. The van der Waals surface area contributed by atoms with Gasteiger partial charge in [-0.1, -0.05) is 26.0 Å².